The van der Waals surface area contributed by atoms with Crippen LogP contribution in [-0.4, -0.2) is 38.6 Å². The van der Waals surface area contributed by atoms with Gasteiger partial charge in [0.2, 0.25) is 0 Å². The average Bonchev–Trinajstić information content (AvgIpc) is 3.20. The van der Waals surface area contributed by atoms with E-state index in [1.165, 1.54) is 30.7 Å². The van der Waals surface area contributed by atoms with Crippen molar-refractivity contribution in [2.24, 2.45) is 0 Å². The molecule has 1 fully saturated rings. The van der Waals surface area contributed by atoms with E-state index in [0.29, 0.717) is 11.7 Å². The van der Waals surface area contributed by atoms with Crippen molar-refractivity contribution < 1.29 is 0 Å². The molecular weight excluding hydrogens is 310 g/mol. The van der Waals surface area contributed by atoms with Crippen LogP contribution in [0.15, 0.2) is 36.5 Å². The summed E-state index contributed by atoms with van der Waals surface area (Å²) in [6.07, 6.45) is 5.44. The Morgan fingerprint density at radius 1 is 1.08 bits per heavy atom. The minimum Gasteiger partial charge on any atom is -0.327 e. The molecule has 0 N–H and O–H groups in total. The first-order valence-corrected chi connectivity index (χ1v) is 8.91. The summed E-state index contributed by atoms with van der Waals surface area (Å²) in [5, 5.41) is 8.89. The van der Waals surface area contributed by atoms with E-state index in [4.69, 9.17) is 10.2 Å². The first kappa shape index (κ1) is 14.6. The van der Waals surface area contributed by atoms with Crippen molar-refractivity contribution in [3.8, 4) is 17.2 Å². The molecule has 0 radical (unpaired) electrons. The van der Waals surface area contributed by atoms with Gasteiger partial charge < -0.3 is 4.57 Å². The van der Waals surface area contributed by atoms with E-state index >= 15 is 0 Å². The molecule has 1 unspecified atom stereocenters. The van der Waals surface area contributed by atoms with Crippen LogP contribution >= 0.6 is 0 Å². The Labute approximate surface area is 146 Å². The third kappa shape index (κ3) is 2.41. The maximum Gasteiger partial charge on any atom is 0.140 e. The average molecular weight is 329 g/mol. The topological polar surface area (TPSA) is 57.7 Å². The number of hydrogen-bond acceptors (Lipinski definition) is 4. The lowest BCUT2D eigenvalue weighted by atomic mass is 10.1. The number of aromatic nitrogens is 3. The van der Waals surface area contributed by atoms with E-state index in [1.807, 2.05) is 6.07 Å². The van der Waals surface area contributed by atoms with Crippen molar-refractivity contribution in [1.82, 2.24) is 19.4 Å². The second-order valence-corrected chi connectivity index (χ2v) is 6.96. The molecule has 0 aliphatic carbocycles. The minimum atomic E-state index is 0.444. The Morgan fingerprint density at radius 2 is 2.00 bits per heavy atom. The Balaban J connectivity index is 1.54. The maximum absolute atomic E-state index is 8.89. The molecule has 0 bridgehead atoms. The summed E-state index contributed by atoms with van der Waals surface area (Å²) < 4.78 is 2.40. The Kier molecular flexibility index (Phi) is 3.32. The van der Waals surface area contributed by atoms with Gasteiger partial charge in [0.1, 0.15) is 17.6 Å². The van der Waals surface area contributed by atoms with Crippen molar-refractivity contribution in [3.05, 3.63) is 48.0 Å². The molecule has 3 aromatic rings. The number of hydrogen-bond donors (Lipinski definition) is 0. The molecular formula is C20H19N5. The summed E-state index contributed by atoms with van der Waals surface area (Å²) in [5.41, 5.74) is 4.84. The summed E-state index contributed by atoms with van der Waals surface area (Å²) in [6, 6.07) is 12.9. The molecule has 1 saturated heterocycles. The van der Waals surface area contributed by atoms with Crippen molar-refractivity contribution in [1.29, 1.82) is 5.26 Å². The van der Waals surface area contributed by atoms with Crippen LogP contribution in [0.1, 0.15) is 24.4 Å². The van der Waals surface area contributed by atoms with Gasteiger partial charge in [0.25, 0.3) is 0 Å². The highest BCUT2D eigenvalue weighted by atomic mass is 15.2. The summed E-state index contributed by atoms with van der Waals surface area (Å²) in [7, 11) is 0. The van der Waals surface area contributed by atoms with Crippen molar-refractivity contribution in [3.63, 3.8) is 0 Å². The molecule has 4 heterocycles. The van der Waals surface area contributed by atoms with E-state index in [1.54, 1.807) is 12.3 Å². The number of nitrogens with zero attached hydrogens (tertiary/aromatic N) is 5. The maximum atomic E-state index is 8.89. The van der Waals surface area contributed by atoms with Crippen molar-refractivity contribution >= 4 is 11.0 Å². The SMILES string of the molecule is N#Cc1ccc(-c2ccc3c(c2)nc2n3CCN3CCCC3C2)cn1. The lowest BCUT2D eigenvalue weighted by molar-refractivity contribution is 0.258. The first-order chi connectivity index (χ1) is 12.3. The van der Waals surface area contributed by atoms with Gasteiger partial charge in [-0.2, -0.15) is 5.26 Å². The van der Waals surface area contributed by atoms with Crippen LogP contribution in [0.2, 0.25) is 0 Å². The predicted molar refractivity (Wildman–Crippen MR) is 96.0 cm³/mol. The van der Waals surface area contributed by atoms with Gasteiger partial charge in [0.05, 0.1) is 11.0 Å². The number of benzene rings is 1. The van der Waals surface area contributed by atoms with Gasteiger partial charge in [-0.3, -0.25) is 4.90 Å². The summed E-state index contributed by atoms with van der Waals surface area (Å²) in [6.45, 7) is 3.40. The third-order valence-electron chi connectivity index (χ3n) is 5.57. The molecule has 1 atom stereocenters. The number of nitriles is 1. The normalized spacial score (nSPS) is 20.0. The van der Waals surface area contributed by atoms with E-state index in [-0.39, 0.29) is 0 Å². The predicted octanol–water partition coefficient (Wildman–Crippen LogP) is 2.99. The highest BCUT2D eigenvalue weighted by Crippen LogP contribution is 2.29. The fourth-order valence-corrected chi connectivity index (χ4v) is 4.26. The van der Waals surface area contributed by atoms with Crippen LogP contribution < -0.4 is 0 Å². The van der Waals surface area contributed by atoms with Gasteiger partial charge in [-0.15, -0.1) is 0 Å². The zero-order valence-corrected chi connectivity index (χ0v) is 14.0. The highest BCUT2D eigenvalue weighted by Gasteiger charge is 2.29. The molecule has 5 rings (SSSR count). The number of imidazole rings is 1. The zero-order chi connectivity index (χ0) is 16.8. The summed E-state index contributed by atoms with van der Waals surface area (Å²) >= 11 is 0. The van der Waals surface area contributed by atoms with Crippen LogP contribution in [0.25, 0.3) is 22.2 Å². The standard InChI is InChI=1S/C20H19N5/c21-12-16-5-3-15(13-22-16)14-4-6-19-18(10-14)23-20-11-17-2-1-7-24(17)8-9-25(19)20/h3-6,10,13,17H,1-2,7-9,11H2. The van der Waals surface area contributed by atoms with Gasteiger partial charge in [-0.05, 0) is 49.2 Å². The van der Waals surface area contributed by atoms with Crippen LogP contribution in [-0.2, 0) is 13.0 Å². The quantitative estimate of drug-likeness (QED) is 0.689. The fraction of sp³-hybridized carbons (Fsp3) is 0.350. The number of pyridine rings is 1. The van der Waals surface area contributed by atoms with Gasteiger partial charge >= 0.3 is 0 Å². The van der Waals surface area contributed by atoms with Gasteiger partial charge in [-0.25, -0.2) is 9.97 Å². The smallest absolute Gasteiger partial charge is 0.140 e. The molecule has 0 spiro atoms. The monoisotopic (exact) mass is 329 g/mol. The van der Waals surface area contributed by atoms with Crippen molar-refractivity contribution in [2.75, 3.05) is 13.1 Å². The molecule has 2 aliphatic heterocycles. The Hall–Kier alpha value is -2.71. The second kappa shape index (κ2) is 5.68. The van der Waals surface area contributed by atoms with E-state index in [0.717, 1.165) is 36.2 Å². The number of rotatable bonds is 1. The lowest BCUT2D eigenvalue weighted by Crippen LogP contribution is -2.30. The highest BCUT2D eigenvalue weighted by molar-refractivity contribution is 5.82. The largest absolute Gasteiger partial charge is 0.327 e. The molecule has 2 aromatic heterocycles. The molecule has 0 amide bonds. The third-order valence-corrected chi connectivity index (χ3v) is 5.57. The van der Waals surface area contributed by atoms with Gasteiger partial charge in [0.15, 0.2) is 0 Å². The van der Waals surface area contributed by atoms with Gasteiger partial charge in [0, 0.05) is 37.3 Å². The van der Waals surface area contributed by atoms with Crippen molar-refractivity contribution in [2.45, 2.75) is 31.8 Å². The lowest BCUT2D eigenvalue weighted by Gasteiger charge is -2.20. The summed E-state index contributed by atoms with van der Waals surface area (Å²) in [4.78, 5) is 11.8. The second-order valence-electron chi connectivity index (χ2n) is 6.96. The Bertz CT molecular complexity index is 980. The Morgan fingerprint density at radius 3 is 2.84 bits per heavy atom. The molecule has 25 heavy (non-hydrogen) atoms. The zero-order valence-electron chi connectivity index (χ0n) is 14.0. The molecule has 0 saturated carbocycles. The van der Waals surface area contributed by atoms with Crippen LogP contribution in [0, 0.1) is 11.3 Å². The van der Waals surface area contributed by atoms with Crippen LogP contribution in [0.5, 0.6) is 0 Å². The first-order valence-electron chi connectivity index (χ1n) is 8.91. The molecule has 5 heteroatoms. The minimum absolute atomic E-state index is 0.444. The number of fused-ring (bicyclic) bond motifs is 4. The van der Waals surface area contributed by atoms with Gasteiger partial charge in [-0.1, -0.05) is 6.07 Å². The van der Waals surface area contributed by atoms with E-state index < -0.39 is 0 Å². The fourth-order valence-electron chi connectivity index (χ4n) is 4.26. The molecule has 5 nitrogen and oxygen atoms in total. The van der Waals surface area contributed by atoms with E-state index in [2.05, 4.69) is 38.7 Å². The molecule has 1 aromatic carbocycles. The van der Waals surface area contributed by atoms with E-state index in [9.17, 15) is 0 Å². The summed E-state index contributed by atoms with van der Waals surface area (Å²) in [5.74, 6) is 1.22. The molecule has 2 aliphatic rings. The van der Waals surface area contributed by atoms with Crippen LogP contribution in [0.3, 0.4) is 0 Å². The van der Waals surface area contributed by atoms with Crippen LogP contribution in [0.4, 0.5) is 0 Å². The molecule has 124 valence electrons.